The molecule has 2 rings (SSSR count). The summed E-state index contributed by atoms with van der Waals surface area (Å²) in [5, 5.41) is 10.8. The van der Waals surface area contributed by atoms with Gasteiger partial charge < -0.3 is 10.6 Å². The summed E-state index contributed by atoms with van der Waals surface area (Å²) >= 11 is 1.63. The molecule has 0 spiro atoms. The van der Waals surface area contributed by atoms with E-state index in [9.17, 15) is 4.79 Å². The summed E-state index contributed by atoms with van der Waals surface area (Å²) in [7, 11) is 1.92. The molecule has 2 aromatic heterocycles. The van der Waals surface area contributed by atoms with E-state index in [0.717, 1.165) is 18.0 Å². The van der Waals surface area contributed by atoms with Gasteiger partial charge in [-0.2, -0.15) is 0 Å². The normalized spacial score (nSPS) is 10.3. The molecule has 2 heterocycles. The Kier molecular flexibility index (Phi) is 3.83. The van der Waals surface area contributed by atoms with Gasteiger partial charge in [-0.15, -0.1) is 21.5 Å². The maximum Gasteiger partial charge on any atom is 0.269 e. The Morgan fingerprint density at radius 3 is 2.83 bits per heavy atom. The van der Waals surface area contributed by atoms with Crippen molar-refractivity contribution in [2.45, 2.75) is 6.42 Å². The van der Waals surface area contributed by atoms with E-state index in [0.29, 0.717) is 5.82 Å². The van der Waals surface area contributed by atoms with Crippen LogP contribution in [0.3, 0.4) is 0 Å². The number of nitrogens with two attached hydrogens (primary N) is 1. The van der Waals surface area contributed by atoms with E-state index < -0.39 is 5.91 Å². The predicted molar refractivity (Wildman–Crippen MR) is 69.6 cm³/mol. The number of nitrogens with zero attached hydrogens (tertiary/aromatic N) is 4. The molecule has 0 aliphatic carbocycles. The third-order valence-corrected chi connectivity index (χ3v) is 3.28. The molecule has 7 heteroatoms. The molecule has 2 N–H and O–H groups in total. The summed E-state index contributed by atoms with van der Waals surface area (Å²) in [6.45, 7) is 0.790. The van der Waals surface area contributed by atoms with Crippen LogP contribution in [0.15, 0.2) is 23.7 Å². The number of likely N-dealkylation sites (N-methyl/N-ethyl adjacent to an activating group) is 1. The van der Waals surface area contributed by atoms with Crippen molar-refractivity contribution in [3.63, 3.8) is 0 Å². The highest BCUT2D eigenvalue weighted by Crippen LogP contribution is 2.10. The van der Waals surface area contributed by atoms with Crippen LogP contribution in [-0.2, 0) is 6.42 Å². The lowest BCUT2D eigenvalue weighted by Crippen LogP contribution is -2.22. The Labute approximate surface area is 108 Å². The molecule has 6 nitrogen and oxygen atoms in total. The van der Waals surface area contributed by atoms with Gasteiger partial charge in [0.15, 0.2) is 11.5 Å². The number of aromatic nitrogens is 3. The zero-order valence-electron chi connectivity index (χ0n) is 9.91. The minimum Gasteiger partial charge on any atom is -0.364 e. The number of hydrogen-bond acceptors (Lipinski definition) is 6. The molecule has 0 fully saturated rings. The molecule has 0 unspecified atom stereocenters. The van der Waals surface area contributed by atoms with Crippen molar-refractivity contribution in [2.24, 2.45) is 5.73 Å². The Morgan fingerprint density at radius 2 is 2.28 bits per heavy atom. The molecule has 0 radical (unpaired) electrons. The van der Waals surface area contributed by atoms with Gasteiger partial charge >= 0.3 is 0 Å². The van der Waals surface area contributed by atoms with Crippen molar-refractivity contribution in [3.8, 4) is 0 Å². The number of hydrogen-bond donors (Lipinski definition) is 1. The second kappa shape index (κ2) is 5.54. The highest BCUT2D eigenvalue weighted by atomic mass is 32.1. The van der Waals surface area contributed by atoms with Crippen molar-refractivity contribution in [1.29, 1.82) is 0 Å². The highest BCUT2D eigenvalue weighted by molar-refractivity contribution is 7.09. The Hall–Kier alpha value is -2.02. The highest BCUT2D eigenvalue weighted by Gasteiger charge is 2.07. The molecular formula is C11H13N5OS. The van der Waals surface area contributed by atoms with Gasteiger partial charge in [0.05, 0.1) is 5.01 Å². The van der Waals surface area contributed by atoms with Crippen LogP contribution in [0.2, 0.25) is 0 Å². The molecule has 0 bridgehead atoms. The van der Waals surface area contributed by atoms with Crippen LogP contribution >= 0.6 is 11.3 Å². The monoisotopic (exact) mass is 263 g/mol. The Balaban J connectivity index is 1.96. The zero-order valence-corrected chi connectivity index (χ0v) is 10.7. The van der Waals surface area contributed by atoms with Crippen LogP contribution in [0.5, 0.6) is 0 Å². The van der Waals surface area contributed by atoms with Crippen LogP contribution in [-0.4, -0.2) is 34.7 Å². The standard InChI is InChI=1S/C11H13N5OS/c1-16(6-4-10-13-5-7-18-10)9-3-2-8(11(12)17)14-15-9/h2-3,5,7H,4,6H2,1H3,(H2,12,17). The average molecular weight is 263 g/mol. The van der Waals surface area contributed by atoms with Crippen LogP contribution in [0.1, 0.15) is 15.5 Å². The van der Waals surface area contributed by atoms with Crippen molar-refractivity contribution in [1.82, 2.24) is 15.2 Å². The van der Waals surface area contributed by atoms with E-state index in [1.807, 2.05) is 17.3 Å². The quantitative estimate of drug-likeness (QED) is 0.858. The number of primary amides is 1. The molecule has 0 aliphatic heterocycles. The minimum absolute atomic E-state index is 0.173. The third-order valence-electron chi connectivity index (χ3n) is 2.44. The van der Waals surface area contributed by atoms with E-state index in [2.05, 4.69) is 15.2 Å². The minimum atomic E-state index is -0.570. The first-order chi connectivity index (χ1) is 8.66. The summed E-state index contributed by atoms with van der Waals surface area (Å²) in [6.07, 6.45) is 2.65. The van der Waals surface area contributed by atoms with E-state index in [1.165, 1.54) is 0 Å². The SMILES string of the molecule is CN(CCc1nccs1)c1ccc(C(N)=O)nn1. The Morgan fingerprint density at radius 1 is 1.44 bits per heavy atom. The number of carbonyl (C=O) groups is 1. The summed E-state index contributed by atoms with van der Waals surface area (Å²) in [5.74, 6) is 0.135. The second-order valence-corrected chi connectivity index (χ2v) is 4.72. The van der Waals surface area contributed by atoms with Gasteiger partial charge in [-0.3, -0.25) is 4.79 Å². The fourth-order valence-corrected chi connectivity index (χ4v) is 2.02. The van der Waals surface area contributed by atoms with E-state index >= 15 is 0 Å². The topological polar surface area (TPSA) is 85.0 Å². The van der Waals surface area contributed by atoms with E-state index in [1.54, 1.807) is 29.7 Å². The van der Waals surface area contributed by atoms with Crippen LogP contribution in [0, 0.1) is 0 Å². The number of rotatable bonds is 5. The lowest BCUT2D eigenvalue weighted by atomic mass is 10.3. The maximum absolute atomic E-state index is 10.9. The molecule has 1 amide bonds. The molecule has 0 atom stereocenters. The van der Waals surface area contributed by atoms with Crippen LogP contribution < -0.4 is 10.6 Å². The van der Waals surface area contributed by atoms with Crippen LogP contribution in [0.4, 0.5) is 5.82 Å². The first kappa shape index (κ1) is 12.4. The molecule has 94 valence electrons. The smallest absolute Gasteiger partial charge is 0.269 e. The second-order valence-electron chi connectivity index (χ2n) is 3.74. The van der Waals surface area contributed by atoms with E-state index in [-0.39, 0.29) is 5.69 Å². The van der Waals surface area contributed by atoms with Gasteiger partial charge in [-0.25, -0.2) is 4.98 Å². The van der Waals surface area contributed by atoms with Gasteiger partial charge in [0.1, 0.15) is 0 Å². The molecule has 0 saturated heterocycles. The van der Waals surface area contributed by atoms with Gasteiger partial charge in [-0.1, -0.05) is 0 Å². The maximum atomic E-state index is 10.9. The van der Waals surface area contributed by atoms with Gasteiger partial charge in [0.2, 0.25) is 0 Å². The van der Waals surface area contributed by atoms with Crippen molar-refractivity contribution < 1.29 is 4.79 Å². The summed E-state index contributed by atoms with van der Waals surface area (Å²) in [4.78, 5) is 17.0. The fourth-order valence-electron chi connectivity index (χ4n) is 1.41. The van der Waals surface area contributed by atoms with Crippen LogP contribution in [0.25, 0.3) is 0 Å². The first-order valence-corrected chi connectivity index (χ1v) is 6.28. The van der Waals surface area contributed by atoms with Gasteiger partial charge in [0.25, 0.3) is 5.91 Å². The Bertz CT molecular complexity index is 511. The average Bonchev–Trinajstić information content (AvgIpc) is 2.89. The number of amides is 1. The summed E-state index contributed by atoms with van der Waals surface area (Å²) < 4.78 is 0. The third kappa shape index (κ3) is 3.01. The molecule has 0 saturated carbocycles. The van der Waals surface area contributed by atoms with Crippen molar-refractivity contribution in [2.75, 3.05) is 18.5 Å². The van der Waals surface area contributed by atoms with Gasteiger partial charge in [0, 0.05) is 31.6 Å². The van der Waals surface area contributed by atoms with E-state index in [4.69, 9.17) is 5.73 Å². The molecule has 2 aromatic rings. The largest absolute Gasteiger partial charge is 0.364 e. The first-order valence-electron chi connectivity index (χ1n) is 5.40. The van der Waals surface area contributed by atoms with Crippen molar-refractivity contribution >= 4 is 23.1 Å². The number of anilines is 1. The zero-order chi connectivity index (χ0) is 13.0. The lowest BCUT2D eigenvalue weighted by Gasteiger charge is -2.16. The fraction of sp³-hybridized carbons (Fsp3) is 0.273. The molecule has 0 aliphatic rings. The van der Waals surface area contributed by atoms with Crippen molar-refractivity contribution in [3.05, 3.63) is 34.4 Å². The molecule has 0 aromatic carbocycles. The van der Waals surface area contributed by atoms with Gasteiger partial charge in [-0.05, 0) is 12.1 Å². The predicted octanol–water partition coefficient (Wildman–Crippen LogP) is 0.711. The summed E-state index contributed by atoms with van der Waals surface area (Å²) in [6, 6.07) is 3.31. The number of carbonyl (C=O) groups excluding carboxylic acids is 1. The summed E-state index contributed by atoms with van der Waals surface area (Å²) in [5.41, 5.74) is 5.27. The molecule has 18 heavy (non-hydrogen) atoms. The molecular weight excluding hydrogens is 250 g/mol. The number of thiazole rings is 1. The lowest BCUT2D eigenvalue weighted by molar-refractivity contribution is 0.0994.